The summed E-state index contributed by atoms with van der Waals surface area (Å²) in [5.41, 5.74) is 2.21. The van der Waals surface area contributed by atoms with Crippen molar-refractivity contribution in [3.05, 3.63) is 54.5 Å². The summed E-state index contributed by atoms with van der Waals surface area (Å²) in [5.74, 6) is 0. The predicted molar refractivity (Wildman–Crippen MR) is 55.8 cm³/mol. The second-order valence-corrected chi connectivity index (χ2v) is 3.47. The van der Waals surface area contributed by atoms with Gasteiger partial charge >= 0.3 is 0 Å². The van der Waals surface area contributed by atoms with Gasteiger partial charge in [0.1, 0.15) is 6.10 Å². The van der Waals surface area contributed by atoms with Crippen LogP contribution < -0.4 is 0 Å². The lowest BCUT2D eigenvalue weighted by Gasteiger charge is -2.05. The molecule has 16 heavy (non-hydrogen) atoms. The fraction of sp³-hybridized carbons (Fsp3) is 0.0909. The van der Waals surface area contributed by atoms with Crippen LogP contribution in [0.4, 0.5) is 0 Å². The van der Waals surface area contributed by atoms with Crippen LogP contribution in [-0.2, 0) is 0 Å². The van der Waals surface area contributed by atoms with E-state index in [1.54, 1.807) is 35.4 Å². The highest BCUT2D eigenvalue weighted by molar-refractivity contribution is 5.54. The Morgan fingerprint density at radius 2 is 2.31 bits per heavy atom. The summed E-state index contributed by atoms with van der Waals surface area (Å²) in [6.45, 7) is 0. The molecule has 0 saturated heterocycles. The quantitative estimate of drug-likeness (QED) is 0.701. The number of fused-ring (bicyclic) bond motifs is 1. The second kappa shape index (κ2) is 3.46. The third-order valence-electron chi connectivity index (χ3n) is 2.51. The third-order valence-corrected chi connectivity index (χ3v) is 2.51. The van der Waals surface area contributed by atoms with Crippen LogP contribution in [0.15, 0.2) is 47.8 Å². The lowest BCUT2D eigenvalue weighted by Crippen LogP contribution is -1.97. The first kappa shape index (κ1) is 9.11. The fourth-order valence-corrected chi connectivity index (χ4v) is 1.67. The normalized spacial score (nSPS) is 13.1. The monoisotopic (exact) mass is 215 g/mol. The molecule has 0 aliphatic rings. The number of hydrogen-bond donors (Lipinski definition) is 1. The van der Waals surface area contributed by atoms with Gasteiger partial charge in [-0.3, -0.25) is 4.98 Å². The molecule has 3 aromatic rings. The molecular formula is C11H9N3O2. The smallest absolute Gasteiger partial charge is 0.111 e. The van der Waals surface area contributed by atoms with Crippen molar-refractivity contribution in [1.29, 1.82) is 0 Å². The number of rotatable bonds is 2. The molecule has 3 rings (SSSR count). The molecule has 0 aromatic carbocycles. The molecule has 0 bridgehead atoms. The van der Waals surface area contributed by atoms with E-state index in [0.29, 0.717) is 5.56 Å². The van der Waals surface area contributed by atoms with E-state index in [-0.39, 0.29) is 0 Å². The summed E-state index contributed by atoms with van der Waals surface area (Å²) >= 11 is 0. The van der Waals surface area contributed by atoms with Crippen molar-refractivity contribution in [2.45, 2.75) is 6.10 Å². The zero-order valence-electron chi connectivity index (χ0n) is 8.32. The number of aromatic nitrogens is 3. The first-order chi connectivity index (χ1) is 7.86. The SMILES string of the molecule is OC(c1ccoc1)c1cnn2ccncc12. The molecule has 0 spiro atoms. The molecule has 1 atom stereocenters. The Morgan fingerprint density at radius 3 is 3.12 bits per heavy atom. The van der Waals surface area contributed by atoms with Crippen molar-refractivity contribution in [1.82, 2.24) is 14.6 Å². The molecule has 0 amide bonds. The van der Waals surface area contributed by atoms with Gasteiger partial charge in [0.15, 0.2) is 0 Å². The highest BCUT2D eigenvalue weighted by Crippen LogP contribution is 2.25. The summed E-state index contributed by atoms with van der Waals surface area (Å²) < 4.78 is 6.62. The van der Waals surface area contributed by atoms with Crippen molar-refractivity contribution in [2.75, 3.05) is 0 Å². The highest BCUT2D eigenvalue weighted by Gasteiger charge is 2.16. The van der Waals surface area contributed by atoms with Crippen molar-refractivity contribution < 1.29 is 9.52 Å². The van der Waals surface area contributed by atoms with E-state index in [2.05, 4.69) is 10.1 Å². The minimum Gasteiger partial charge on any atom is -0.472 e. The predicted octanol–water partition coefficient (Wildman–Crippen LogP) is 1.40. The Balaban J connectivity index is 2.12. The maximum atomic E-state index is 10.1. The van der Waals surface area contributed by atoms with Crippen LogP contribution in [0.5, 0.6) is 0 Å². The minimum atomic E-state index is -0.736. The number of nitrogens with zero attached hydrogens (tertiary/aromatic N) is 3. The molecule has 0 saturated carbocycles. The van der Waals surface area contributed by atoms with Crippen LogP contribution in [0.25, 0.3) is 5.52 Å². The second-order valence-electron chi connectivity index (χ2n) is 3.47. The first-order valence-corrected chi connectivity index (χ1v) is 4.83. The molecule has 0 aliphatic carbocycles. The lowest BCUT2D eigenvalue weighted by molar-refractivity contribution is 0.220. The maximum absolute atomic E-state index is 10.1. The molecule has 1 unspecified atom stereocenters. The Labute approximate surface area is 91.0 Å². The standard InChI is InChI=1S/C11H9N3O2/c15-11(8-1-4-16-7-8)9-5-13-14-3-2-12-6-10(9)14/h1-7,11,15H. The Kier molecular flexibility index (Phi) is 1.97. The Hall–Kier alpha value is -2.14. The van der Waals surface area contributed by atoms with Gasteiger partial charge in [0.05, 0.1) is 30.4 Å². The van der Waals surface area contributed by atoms with Crippen LogP contribution >= 0.6 is 0 Å². The van der Waals surface area contributed by atoms with Crippen LogP contribution in [-0.4, -0.2) is 19.7 Å². The molecule has 0 aliphatic heterocycles. The zero-order chi connectivity index (χ0) is 11.0. The van der Waals surface area contributed by atoms with E-state index >= 15 is 0 Å². The summed E-state index contributed by atoms with van der Waals surface area (Å²) in [5, 5.41) is 14.3. The summed E-state index contributed by atoms with van der Waals surface area (Å²) in [6.07, 6.45) is 9.00. The zero-order valence-corrected chi connectivity index (χ0v) is 8.32. The van der Waals surface area contributed by atoms with Crippen molar-refractivity contribution in [3.63, 3.8) is 0 Å². The number of furan rings is 1. The number of aliphatic hydroxyl groups excluding tert-OH is 1. The van der Waals surface area contributed by atoms with E-state index in [1.165, 1.54) is 12.5 Å². The molecule has 3 heterocycles. The molecule has 1 N–H and O–H groups in total. The van der Waals surface area contributed by atoms with Crippen LogP contribution in [0.1, 0.15) is 17.2 Å². The number of hydrogen-bond acceptors (Lipinski definition) is 4. The topological polar surface area (TPSA) is 63.6 Å². The summed E-state index contributed by atoms with van der Waals surface area (Å²) in [7, 11) is 0. The van der Waals surface area contributed by atoms with E-state index < -0.39 is 6.10 Å². The van der Waals surface area contributed by atoms with Gasteiger partial charge in [-0.15, -0.1) is 0 Å². The van der Waals surface area contributed by atoms with Crippen molar-refractivity contribution in [3.8, 4) is 0 Å². The molecule has 3 aromatic heterocycles. The van der Waals surface area contributed by atoms with Gasteiger partial charge in [0, 0.05) is 23.5 Å². The maximum Gasteiger partial charge on any atom is 0.111 e. The van der Waals surface area contributed by atoms with Gasteiger partial charge in [-0.05, 0) is 6.07 Å². The first-order valence-electron chi connectivity index (χ1n) is 4.83. The van der Waals surface area contributed by atoms with Gasteiger partial charge in [0.2, 0.25) is 0 Å². The molecule has 5 nitrogen and oxygen atoms in total. The summed E-state index contributed by atoms with van der Waals surface area (Å²) in [6, 6.07) is 1.73. The van der Waals surface area contributed by atoms with Gasteiger partial charge in [-0.25, -0.2) is 4.52 Å². The largest absolute Gasteiger partial charge is 0.472 e. The van der Waals surface area contributed by atoms with Crippen LogP contribution in [0.3, 0.4) is 0 Å². The average Bonchev–Trinajstić information content (AvgIpc) is 2.98. The van der Waals surface area contributed by atoms with Gasteiger partial charge in [-0.2, -0.15) is 5.10 Å². The number of aliphatic hydroxyl groups is 1. The average molecular weight is 215 g/mol. The van der Waals surface area contributed by atoms with Crippen molar-refractivity contribution in [2.24, 2.45) is 0 Å². The molecule has 0 radical (unpaired) electrons. The van der Waals surface area contributed by atoms with Gasteiger partial charge < -0.3 is 9.52 Å². The Morgan fingerprint density at radius 1 is 1.38 bits per heavy atom. The van der Waals surface area contributed by atoms with Crippen LogP contribution in [0, 0.1) is 0 Å². The minimum absolute atomic E-state index is 0.707. The Bertz CT molecular complexity index is 601. The van der Waals surface area contributed by atoms with Crippen molar-refractivity contribution >= 4 is 5.52 Å². The molecule has 80 valence electrons. The van der Waals surface area contributed by atoms with E-state index in [0.717, 1.165) is 11.1 Å². The molecular weight excluding hydrogens is 206 g/mol. The van der Waals surface area contributed by atoms with Gasteiger partial charge in [-0.1, -0.05) is 0 Å². The summed E-state index contributed by atoms with van der Waals surface area (Å²) in [4.78, 5) is 4.01. The molecule has 0 fully saturated rings. The third kappa shape index (κ3) is 1.30. The highest BCUT2D eigenvalue weighted by atomic mass is 16.3. The van der Waals surface area contributed by atoms with E-state index in [1.807, 2.05) is 0 Å². The van der Waals surface area contributed by atoms with Crippen LogP contribution in [0.2, 0.25) is 0 Å². The lowest BCUT2D eigenvalue weighted by atomic mass is 10.1. The van der Waals surface area contributed by atoms with E-state index in [9.17, 15) is 5.11 Å². The fourth-order valence-electron chi connectivity index (χ4n) is 1.67. The van der Waals surface area contributed by atoms with Gasteiger partial charge in [0.25, 0.3) is 0 Å². The molecule has 5 heteroatoms. The van der Waals surface area contributed by atoms with E-state index in [4.69, 9.17) is 4.42 Å².